The maximum atomic E-state index is 12.7. The van der Waals surface area contributed by atoms with Gasteiger partial charge in [0.25, 0.3) is 0 Å². The van der Waals surface area contributed by atoms with Crippen LogP contribution in [0.1, 0.15) is 40.0 Å². The SMILES string of the molecule is CCC1C(=O)NC(CC(C)C)C(=O)N1CC1CCSC1. The lowest BCUT2D eigenvalue weighted by Crippen LogP contribution is -2.64. The lowest BCUT2D eigenvalue weighted by Gasteiger charge is -2.40. The number of carbonyl (C=O) groups is 2. The molecule has 2 fully saturated rings. The van der Waals surface area contributed by atoms with E-state index in [1.807, 2.05) is 23.6 Å². The number of piperazine rings is 1. The van der Waals surface area contributed by atoms with Gasteiger partial charge in [0.2, 0.25) is 11.8 Å². The summed E-state index contributed by atoms with van der Waals surface area (Å²) in [6.07, 6.45) is 2.60. The Morgan fingerprint density at radius 1 is 1.40 bits per heavy atom. The molecule has 2 saturated heterocycles. The number of rotatable bonds is 5. The smallest absolute Gasteiger partial charge is 0.245 e. The highest BCUT2D eigenvalue weighted by Crippen LogP contribution is 2.27. The minimum absolute atomic E-state index is 0.0309. The molecule has 5 heteroatoms. The highest BCUT2D eigenvalue weighted by Gasteiger charge is 2.40. The molecule has 1 N–H and O–H groups in total. The summed E-state index contributed by atoms with van der Waals surface area (Å²) in [6.45, 7) is 6.91. The predicted octanol–water partition coefficient (Wildman–Crippen LogP) is 1.89. The highest BCUT2D eigenvalue weighted by molar-refractivity contribution is 7.99. The Morgan fingerprint density at radius 3 is 2.70 bits per heavy atom. The summed E-state index contributed by atoms with van der Waals surface area (Å²) in [5.74, 6) is 3.43. The van der Waals surface area contributed by atoms with Gasteiger partial charge in [0.1, 0.15) is 12.1 Å². The summed E-state index contributed by atoms with van der Waals surface area (Å²) < 4.78 is 0. The standard InChI is InChI=1S/C15H26N2O2S/c1-4-13-14(18)16-12(7-10(2)3)15(19)17(13)8-11-5-6-20-9-11/h10-13H,4-9H2,1-3H3,(H,16,18). The molecule has 0 bridgehead atoms. The second-order valence-electron chi connectivity index (χ2n) is 6.33. The molecule has 0 radical (unpaired) electrons. The van der Waals surface area contributed by atoms with E-state index in [-0.39, 0.29) is 23.9 Å². The lowest BCUT2D eigenvalue weighted by atomic mass is 9.96. The zero-order valence-corrected chi connectivity index (χ0v) is 13.5. The Balaban J connectivity index is 2.09. The molecular formula is C15H26N2O2S. The topological polar surface area (TPSA) is 49.4 Å². The second kappa shape index (κ2) is 6.83. The molecule has 2 aliphatic rings. The molecule has 0 saturated carbocycles. The zero-order valence-electron chi connectivity index (χ0n) is 12.7. The molecule has 0 aromatic carbocycles. The Hall–Kier alpha value is -0.710. The average molecular weight is 298 g/mol. The van der Waals surface area contributed by atoms with Crippen molar-refractivity contribution >= 4 is 23.6 Å². The van der Waals surface area contributed by atoms with Crippen molar-refractivity contribution in [2.45, 2.75) is 52.1 Å². The first-order valence-corrected chi connectivity index (χ1v) is 8.87. The van der Waals surface area contributed by atoms with Gasteiger partial charge in [-0.3, -0.25) is 9.59 Å². The van der Waals surface area contributed by atoms with Crippen LogP contribution in [-0.2, 0) is 9.59 Å². The summed E-state index contributed by atoms with van der Waals surface area (Å²) in [4.78, 5) is 26.8. The fourth-order valence-electron chi connectivity index (χ4n) is 3.08. The molecule has 0 aliphatic carbocycles. The zero-order chi connectivity index (χ0) is 14.7. The van der Waals surface area contributed by atoms with Gasteiger partial charge in [-0.25, -0.2) is 0 Å². The summed E-state index contributed by atoms with van der Waals surface area (Å²) in [5, 5.41) is 2.92. The fourth-order valence-corrected chi connectivity index (χ4v) is 4.36. The Labute approximate surface area is 126 Å². The van der Waals surface area contributed by atoms with E-state index in [2.05, 4.69) is 19.2 Å². The van der Waals surface area contributed by atoms with Crippen LogP contribution in [0, 0.1) is 11.8 Å². The largest absolute Gasteiger partial charge is 0.342 e. The first kappa shape index (κ1) is 15.7. The molecule has 20 heavy (non-hydrogen) atoms. The summed E-state index contributed by atoms with van der Waals surface area (Å²) in [7, 11) is 0. The summed E-state index contributed by atoms with van der Waals surface area (Å²) in [6, 6.07) is -0.587. The van der Waals surface area contributed by atoms with Crippen molar-refractivity contribution in [3.05, 3.63) is 0 Å². The van der Waals surface area contributed by atoms with E-state index in [9.17, 15) is 9.59 Å². The molecule has 3 unspecified atom stereocenters. The van der Waals surface area contributed by atoms with Gasteiger partial charge < -0.3 is 10.2 Å². The van der Waals surface area contributed by atoms with E-state index in [1.54, 1.807) is 0 Å². The monoisotopic (exact) mass is 298 g/mol. The van der Waals surface area contributed by atoms with E-state index in [0.29, 0.717) is 18.3 Å². The lowest BCUT2D eigenvalue weighted by molar-refractivity contribution is -0.150. The minimum atomic E-state index is -0.320. The fraction of sp³-hybridized carbons (Fsp3) is 0.867. The van der Waals surface area contributed by atoms with Crippen LogP contribution in [0.25, 0.3) is 0 Å². The molecule has 2 amide bonds. The van der Waals surface area contributed by atoms with E-state index < -0.39 is 0 Å². The number of carbonyl (C=O) groups excluding carboxylic acids is 2. The predicted molar refractivity (Wildman–Crippen MR) is 82.6 cm³/mol. The molecule has 3 atom stereocenters. The normalized spacial score (nSPS) is 31.0. The third-order valence-electron chi connectivity index (χ3n) is 4.15. The van der Waals surface area contributed by atoms with E-state index in [0.717, 1.165) is 18.7 Å². The van der Waals surface area contributed by atoms with Crippen LogP contribution in [0.2, 0.25) is 0 Å². The van der Waals surface area contributed by atoms with Gasteiger partial charge in [0.15, 0.2) is 0 Å². The Bertz CT molecular complexity index is 367. The number of amides is 2. The minimum Gasteiger partial charge on any atom is -0.342 e. The van der Waals surface area contributed by atoms with Gasteiger partial charge in [0, 0.05) is 6.54 Å². The van der Waals surface area contributed by atoms with Crippen molar-refractivity contribution in [1.82, 2.24) is 10.2 Å². The summed E-state index contributed by atoms with van der Waals surface area (Å²) >= 11 is 1.95. The number of hydrogen-bond acceptors (Lipinski definition) is 3. The van der Waals surface area contributed by atoms with Crippen molar-refractivity contribution in [1.29, 1.82) is 0 Å². The molecule has 2 aliphatic heterocycles. The van der Waals surface area contributed by atoms with Crippen LogP contribution < -0.4 is 5.32 Å². The number of thioether (sulfide) groups is 1. The van der Waals surface area contributed by atoms with E-state index in [1.165, 1.54) is 12.2 Å². The molecule has 0 spiro atoms. The summed E-state index contributed by atoms with van der Waals surface area (Å²) in [5.41, 5.74) is 0. The highest BCUT2D eigenvalue weighted by atomic mass is 32.2. The molecule has 0 aromatic rings. The van der Waals surface area contributed by atoms with Crippen molar-refractivity contribution in [3.8, 4) is 0 Å². The molecule has 114 valence electrons. The van der Waals surface area contributed by atoms with Crippen molar-refractivity contribution in [2.24, 2.45) is 11.8 Å². The third kappa shape index (κ3) is 3.48. The van der Waals surface area contributed by atoms with E-state index in [4.69, 9.17) is 0 Å². The van der Waals surface area contributed by atoms with Crippen LogP contribution in [0.5, 0.6) is 0 Å². The van der Waals surface area contributed by atoms with Crippen LogP contribution in [0.3, 0.4) is 0 Å². The molecule has 2 rings (SSSR count). The van der Waals surface area contributed by atoms with E-state index >= 15 is 0 Å². The van der Waals surface area contributed by atoms with Gasteiger partial charge >= 0.3 is 0 Å². The van der Waals surface area contributed by atoms with Crippen molar-refractivity contribution in [3.63, 3.8) is 0 Å². The van der Waals surface area contributed by atoms with Crippen molar-refractivity contribution < 1.29 is 9.59 Å². The van der Waals surface area contributed by atoms with Gasteiger partial charge in [-0.15, -0.1) is 0 Å². The van der Waals surface area contributed by atoms with Crippen LogP contribution in [0.4, 0.5) is 0 Å². The van der Waals surface area contributed by atoms with Gasteiger partial charge in [0.05, 0.1) is 0 Å². The third-order valence-corrected chi connectivity index (χ3v) is 5.38. The number of nitrogens with zero attached hydrogens (tertiary/aromatic N) is 1. The molecule has 4 nitrogen and oxygen atoms in total. The van der Waals surface area contributed by atoms with Crippen LogP contribution in [0.15, 0.2) is 0 Å². The first-order chi connectivity index (χ1) is 9.52. The molecule has 0 aromatic heterocycles. The quantitative estimate of drug-likeness (QED) is 0.843. The maximum Gasteiger partial charge on any atom is 0.245 e. The Kier molecular flexibility index (Phi) is 5.35. The first-order valence-electron chi connectivity index (χ1n) is 7.71. The van der Waals surface area contributed by atoms with Gasteiger partial charge in [-0.2, -0.15) is 11.8 Å². The van der Waals surface area contributed by atoms with Crippen LogP contribution in [-0.4, -0.2) is 46.8 Å². The second-order valence-corrected chi connectivity index (χ2v) is 7.48. The van der Waals surface area contributed by atoms with Crippen molar-refractivity contribution in [2.75, 3.05) is 18.1 Å². The van der Waals surface area contributed by atoms with Gasteiger partial charge in [-0.05, 0) is 42.6 Å². The molecular weight excluding hydrogens is 272 g/mol. The Morgan fingerprint density at radius 2 is 2.15 bits per heavy atom. The molecule has 2 heterocycles. The van der Waals surface area contributed by atoms with Crippen LogP contribution >= 0.6 is 11.8 Å². The maximum absolute atomic E-state index is 12.7. The number of nitrogens with one attached hydrogen (secondary N) is 1. The number of hydrogen-bond donors (Lipinski definition) is 1. The average Bonchev–Trinajstić information content (AvgIpc) is 2.88. The van der Waals surface area contributed by atoms with Gasteiger partial charge in [-0.1, -0.05) is 20.8 Å².